The van der Waals surface area contributed by atoms with Gasteiger partial charge in [0.2, 0.25) is 0 Å². The van der Waals surface area contributed by atoms with Crippen molar-refractivity contribution in [3.8, 4) is 0 Å². The van der Waals surface area contributed by atoms with Gasteiger partial charge < -0.3 is 24.4 Å². The molecule has 0 aromatic carbocycles. The molecule has 0 spiro atoms. The summed E-state index contributed by atoms with van der Waals surface area (Å²) in [6.45, 7) is 0. The summed E-state index contributed by atoms with van der Waals surface area (Å²) in [5.41, 5.74) is 0. The van der Waals surface area contributed by atoms with Crippen molar-refractivity contribution in [3.05, 3.63) is 15.3 Å². The van der Waals surface area contributed by atoms with Gasteiger partial charge in [-0.3, -0.25) is 8.42 Å². The number of nitrogens with zero attached hydrogens (tertiary/aromatic N) is 1. The minimum Gasteiger partial charge on any atom is -0.759 e. The van der Waals surface area contributed by atoms with E-state index in [1.54, 1.807) is 0 Å². The van der Waals surface area contributed by atoms with E-state index in [9.17, 15) is 0 Å². The van der Waals surface area contributed by atoms with Crippen LogP contribution in [0.3, 0.4) is 0 Å². The topological polar surface area (TPSA) is 146 Å². The third kappa shape index (κ3) is 149. The van der Waals surface area contributed by atoms with Crippen LogP contribution in [0.4, 0.5) is 0 Å². The molecule has 0 heterocycles. The zero-order valence-corrected chi connectivity index (χ0v) is 16.9. The molecule has 0 aliphatic carbocycles. The molecule has 0 aromatic heterocycles. The maximum absolute atomic E-state index is 8.52. The van der Waals surface area contributed by atoms with Crippen LogP contribution in [0, 0.1) is 15.3 Å². The predicted octanol–water partition coefficient (Wildman–Crippen LogP) is -10.6. The Bertz CT molecular complexity index is 161. The van der Waals surface area contributed by atoms with Gasteiger partial charge in [-0.1, -0.05) is 0 Å². The van der Waals surface area contributed by atoms with E-state index < -0.39 is 15.5 Å². The van der Waals surface area contributed by atoms with Crippen LogP contribution in [0.25, 0.3) is 0 Å². The second kappa shape index (κ2) is 17.4. The molecule has 56 valence electrons. The molecular formula is K3NO7S. The third-order valence-corrected chi connectivity index (χ3v) is 0. The van der Waals surface area contributed by atoms with Crippen LogP contribution < -0.4 is 154 Å². The standard InChI is InChI=1S/3K.NO3.H2O4S/c;;;2-1(3)4;1-5(2,3)4/h;;;;(H2,1,2,3,4)/q3*+1;-1;/p-2. The van der Waals surface area contributed by atoms with E-state index in [0.29, 0.717) is 0 Å². The number of rotatable bonds is 0. The summed E-state index contributed by atoms with van der Waals surface area (Å²) in [5, 5.41) is 14.8. The van der Waals surface area contributed by atoms with Gasteiger partial charge in [0.15, 0.2) is 0 Å². The molecule has 0 rings (SSSR count). The first-order valence-corrected chi connectivity index (χ1v) is 2.55. The van der Waals surface area contributed by atoms with Gasteiger partial charge in [-0.05, 0) is 0 Å². The Morgan fingerprint density at radius 2 is 0.917 bits per heavy atom. The van der Waals surface area contributed by atoms with Crippen LogP contribution in [-0.4, -0.2) is 22.6 Å². The van der Waals surface area contributed by atoms with Crippen molar-refractivity contribution in [1.29, 1.82) is 0 Å². The molecule has 12 heteroatoms. The summed E-state index contributed by atoms with van der Waals surface area (Å²) in [7, 11) is -5.17. The Kier molecular flexibility index (Phi) is 43.1. The first-order chi connectivity index (χ1) is 3.73. The molecule has 0 aromatic rings. The Morgan fingerprint density at radius 3 is 0.917 bits per heavy atom. The minimum atomic E-state index is -5.17. The summed E-state index contributed by atoms with van der Waals surface area (Å²) in [6.07, 6.45) is 0. The zero-order valence-electron chi connectivity index (χ0n) is 6.71. The third-order valence-electron chi connectivity index (χ3n) is 0. The zero-order chi connectivity index (χ0) is 8.08. The summed E-state index contributed by atoms with van der Waals surface area (Å²) >= 11 is 0. The molecular weight excluding hydrogens is 275 g/mol. The molecule has 0 aliphatic heterocycles. The monoisotopic (exact) mass is 275 g/mol. The molecule has 0 atom stereocenters. The predicted molar refractivity (Wildman–Crippen MR) is 20.8 cm³/mol. The van der Waals surface area contributed by atoms with Crippen LogP contribution in [0.1, 0.15) is 0 Å². The van der Waals surface area contributed by atoms with Crippen molar-refractivity contribution >= 4 is 10.4 Å². The van der Waals surface area contributed by atoms with Crippen molar-refractivity contribution in [3.63, 3.8) is 0 Å². The molecule has 12 heavy (non-hydrogen) atoms. The van der Waals surface area contributed by atoms with Gasteiger partial charge in [-0.15, -0.1) is 0 Å². The summed E-state index contributed by atoms with van der Waals surface area (Å²) in [4.78, 5) is 8.25. The Labute approximate surface area is 196 Å². The van der Waals surface area contributed by atoms with Crippen LogP contribution >= 0.6 is 0 Å². The van der Waals surface area contributed by atoms with Crippen LogP contribution in [0.2, 0.25) is 0 Å². The maximum atomic E-state index is 8.52. The van der Waals surface area contributed by atoms with Gasteiger partial charge in [0.1, 0.15) is 0 Å². The van der Waals surface area contributed by atoms with Gasteiger partial charge in [0, 0.05) is 10.4 Å². The summed E-state index contributed by atoms with van der Waals surface area (Å²) < 4.78 is 34.1. The molecule has 8 nitrogen and oxygen atoms in total. The molecule has 0 aliphatic rings. The van der Waals surface area contributed by atoms with Crippen molar-refractivity contribution in [2.75, 3.05) is 0 Å². The van der Waals surface area contributed by atoms with Crippen LogP contribution in [0.15, 0.2) is 0 Å². The quantitative estimate of drug-likeness (QED) is 0.140. The van der Waals surface area contributed by atoms with E-state index in [-0.39, 0.29) is 154 Å². The normalized spacial score (nSPS) is 6.83. The van der Waals surface area contributed by atoms with Crippen molar-refractivity contribution in [1.82, 2.24) is 0 Å². The van der Waals surface area contributed by atoms with Crippen LogP contribution in [-0.2, 0) is 10.4 Å². The smallest absolute Gasteiger partial charge is 0.759 e. The second-order valence-corrected chi connectivity index (χ2v) is 1.45. The molecule has 0 saturated carbocycles. The van der Waals surface area contributed by atoms with E-state index in [1.807, 2.05) is 0 Å². The van der Waals surface area contributed by atoms with Crippen LogP contribution in [0.5, 0.6) is 0 Å². The summed E-state index contributed by atoms with van der Waals surface area (Å²) in [6, 6.07) is 0. The average molecular weight is 275 g/mol. The molecule has 0 unspecified atom stereocenters. The SMILES string of the molecule is O=S(=O)([O-])[O-].O=[N+]([O-])[O-].[K+].[K+].[K+]. The molecule has 0 fully saturated rings. The summed E-state index contributed by atoms with van der Waals surface area (Å²) in [5.74, 6) is 0. The fourth-order valence-electron chi connectivity index (χ4n) is 0. The maximum Gasteiger partial charge on any atom is 1.00 e. The van der Waals surface area contributed by atoms with Crippen molar-refractivity contribution in [2.24, 2.45) is 0 Å². The molecule has 0 saturated heterocycles. The number of hydrogen-bond donors (Lipinski definition) is 0. The molecule has 0 N–H and O–H groups in total. The fourth-order valence-corrected chi connectivity index (χ4v) is 0. The molecule has 0 bridgehead atoms. The van der Waals surface area contributed by atoms with Crippen molar-refractivity contribution in [2.45, 2.75) is 0 Å². The number of hydrogen-bond acceptors (Lipinski definition) is 7. The molecule has 0 amide bonds. The van der Waals surface area contributed by atoms with Crippen molar-refractivity contribution < 1.29 is 177 Å². The minimum absolute atomic E-state index is 0. The van der Waals surface area contributed by atoms with E-state index in [1.165, 1.54) is 0 Å². The second-order valence-electron chi connectivity index (χ2n) is 0.632. The fraction of sp³-hybridized carbons (Fsp3) is 0. The Balaban J connectivity index is -0.0000000221. The largest absolute Gasteiger partial charge is 1.00 e. The Morgan fingerprint density at radius 1 is 0.917 bits per heavy atom. The van der Waals surface area contributed by atoms with E-state index in [2.05, 4.69) is 0 Å². The first-order valence-electron chi connectivity index (χ1n) is 1.21. The average Bonchev–Trinajstić information content (AvgIpc) is 1.19. The van der Waals surface area contributed by atoms with Gasteiger partial charge >= 0.3 is 154 Å². The van der Waals surface area contributed by atoms with Gasteiger partial charge in [-0.2, -0.15) is 0 Å². The first kappa shape index (κ1) is 29.7. The van der Waals surface area contributed by atoms with E-state index >= 15 is 0 Å². The van der Waals surface area contributed by atoms with Gasteiger partial charge in [0.05, 0.1) is 5.09 Å². The van der Waals surface area contributed by atoms with Gasteiger partial charge in [-0.25, -0.2) is 0 Å². The van der Waals surface area contributed by atoms with E-state index in [0.717, 1.165) is 0 Å². The molecule has 0 radical (unpaired) electrons. The van der Waals surface area contributed by atoms with E-state index in [4.69, 9.17) is 32.8 Å². The van der Waals surface area contributed by atoms with Gasteiger partial charge in [0.25, 0.3) is 0 Å². The Hall–Kier alpha value is 3.98.